The fourth-order valence-electron chi connectivity index (χ4n) is 4.40. The lowest BCUT2D eigenvalue weighted by atomic mass is 9.98. The first-order valence-corrected chi connectivity index (χ1v) is 13.9. The van der Waals surface area contributed by atoms with E-state index in [0.717, 1.165) is 40.7 Å². The average Bonchev–Trinajstić information content (AvgIpc) is 3.41. The number of benzene rings is 3. The smallest absolute Gasteiger partial charge is 0.222 e. The molecule has 0 aliphatic carbocycles. The van der Waals surface area contributed by atoms with Gasteiger partial charge < -0.3 is 15.0 Å². The van der Waals surface area contributed by atoms with Crippen molar-refractivity contribution >= 4 is 22.6 Å². The van der Waals surface area contributed by atoms with Crippen LogP contribution in [0.15, 0.2) is 84.9 Å². The number of hydrogen-bond donors (Lipinski definition) is 1. The van der Waals surface area contributed by atoms with Crippen molar-refractivity contribution in [3.8, 4) is 5.75 Å². The van der Waals surface area contributed by atoms with Crippen LogP contribution in [-0.4, -0.2) is 35.0 Å². The summed E-state index contributed by atoms with van der Waals surface area (Å²) in [4.78, 5) is 20.2. The molecule has 38 heavy (non-hydrogen) atoms. The van der Waals surface area contributed by atoms with Crippen molar-refractivity contribution in [2.75, 3.05) is 18.6 Å². The molecule has 7 heteroatoms. The number of carbonyl (C=O) groups is 1. The zero-order valence-electron chi connectivity index (χ0n) is 22.3. The van der Waals surface area contributed by atoms with E-state index in [1.165, 1.54) is 17.1 Å². The number of hydrogen-bond acceptors (Lipinski definition) is 6. The van der Waals surface area contributed by atoms with Crippen LogP contribution in [0.4, 0.5) is 5.13 Å². The summed E-state index contributed by atoms with van der Waals surface area (Å²) in [6.07, 6.45) is 2.72. The van der Waals surface area contributed by atoms with E-state index in [4.69, 9.17) is 9.72 Å². The Bertz CT molecular complexity index is 1280. The summed E-state index contributed by atoms with van der Waals surface area (Å²) in [6, 6.07) is 28.6. The van der Waals surface area contributed by atoms with Gasteiger partial charge in [-0.3, -0.25) is 4.79 Å². The highest BCUT2D eigenvalue weighted by Crippen LogP contribution is 2.24. The first-order chi connectivity index (χ1) is 18.6. The number of rotatable bonds is 13. The minimum atomic E-state index is -0.0841. The number of methoxy groups -OCH3 is 1. The standard InChI is InChI=1S/C31H36N4O2S/c1-4-23(2)35(31-33-29(34-38-31)22-25-14-11-17-27(20-25)37-3)19-18-30(36)32-28(26-15-9-6-10-16-26)21-24-12-7-5-8-13-24/h5-17,20,23,28H,4,18-19,21-22H2,1-3H3,(H,32,36). The van der Waals surface area contributed by atoms with Crippen LogP contribution in [0, 0.1) is 0 Å². The molecular weight excluding hydrogens is 492 g/mol. The number of nitrogens with zero attached hydrogens (tertiary/aromatic N) is 3. The second-order valence-corrected chi connectivity index (χ2v) is 10.2. The van der Waals surface area contributed by atoms with Crippen LogP contribution in [0.1, 0.15) is 55.2 Å². The van der Waals surface area contributed by atoms with Gasteiger partial charge in [-0.1, -0.05) is 79.7 Å². The number of amides is 1. The van der Waals surface area contributed by atoms with E-state index in [-0.39, 0.29) is 18.0 Å². The van der Waals surface area contributed by atoms with E-state index in [2.05, 4.69) is 58.8 Å². The molecule has 0 bridgehead atoms. The Labute approximate surface area is 229 Å². The van der Waals surface area contributed by atoms with Crippen molar-refractivity contribution in [3.05, 3.63) is 107 Å². The van der Waals surface area contributed by atoms with E-state index in [0.29, 0.717) is 19.4 Å². The maximum Gasteiger partial charge on any atom is 0.222 e. The first-order valence-electron chi connectivity index (χ1n) is 13.2. The Kier molecular flexibility index (Phi) is 9.87. The third-order valence-corrected chi connectivity index (χ3v) is 7.51. The molecule has 0 saturated carbocycles. The Morgan fingerprint density at radius 2 is 1.71 bits per heavy atom. The molecule has 0 spiro atoms. The Balaban J connectivity index is 1.42. The van der Waals surface area contributed by atoms with E-state index in [1.807, 2.05) is 54.6 Å². The Hall–Kier alpha value is -3.71. The lowest BCUT2D eigenvalue weighted by Gasteiger charge is -2.28. The molecule has 2 atom stereocenters. The van der Waals surface area contributed by atoms with Crippen LogP contribution in [-0.2, 0) is 17.6 Å². The van der Waals surface area contributed by atoms with Crippen molar-refractivity contribution in [1.82, 2.24) is 14.7 Å². The summed E-state index contributed by atoms with van der Waals surface area (Å²) in [5, 5.41) is 4.14. The molecular formula is C31H36N4O2S. The quantitative estimate of drug-likeness (QED) is 0.223. The Morgan fingerprint density at radius 1 is 1.00 bits per heavy atom. The predicted octanol–water partition coefficient (Wildman–Crippen LogP) is 6.23. The van der Waals surface area contributed by atoms with Gasteiger partial charge in [0.2, 0.25) is 11.0 Å². The van der Waals surface area contributed by atoms with Gasteiger partial charge in [0.05, 0.1) is 13.2 Å². The second-order valence-electron chi connectivity index (χ2n) is 9.44. The number of aromatic nitrogens is 2. The summed E-state index contributed by atoms with van der Waals surface area (Å²) >= 11 is 1.40. The fraction of sp³-hybridized carbons (Fsp3) is 0.323. The summed E-state index contributed by atoms with van der Waals surface area (Å²) in [6.45, 7) is 4.91. The van der Waals surface area contributed by atoms with Gasteiger partial charge in [0, 0.05) is 37.0 Å². The molecule has 1 heterocycles. The molecule has 2 unspecified atom stereocenters. The zero-order chi connectivity index (χ0) is 26.7. The summed E-state index contributed by atoms with van der Waals surface area (Å²) in [7, 11) is 1.67. The van der Waals surface area contributed by atoms with Crippen molar-refractivity contribution < 1.29 is 9.53 Å². The lowest BCUT2D eigenvalue weighted by molar-refractivity contribution is -0.121. The molecule has 0 radical (unpaired) electrons. The normalized spacial score (nSPS) is 12.5. The van der Waals surface area contributed by atoms with Gasteiger partial charge in [-0.25, -0.2) is 4.98 Å². The molecule has 4 aromatic rings. The fourth-order valence-corrected chi connectivity index (χ4v) is 5.21. The molecule has 1 aromatic heterocycles. The third-order valence-electron chi connectivity index (χ3n) is 6.72. The molecule has 6 nitrogen and oxygen atoms in total. The van der Waals surface area contributed by atoms with Gasteiger partial charge >= 0.3 is 0 Å². The third kappa shape index (κ3) is 7.65. The van der Waals surface area contributed by atoms with Crippen LogP contribution in [0.5, 0.6) is 5.75 Å². The Morgan fingerprint density at radius 3 is 2.42 bits per heavy atom. The van der Waals surface area contributed by atoms with E-state index >= 15 is 0 Å². The number of nitrogens with one attached hydrogen (secondary N) is 1. The summed E-state index contributed by atoms with van der Waals surface area (Å²) in [5.41, 5.74) is 3.41. The molecule has 4 rings (SSSR count). The highest BCUT2D eigenvalue weighted by molar-refractivity contribution is 7.09. The van der Waals surface area contributed by atoms with E-state index in [9.17, 15) is 4.79 Å². The maximum absolute atomic E-state index is 13.2. The monoisotopic (exact) mass is 528 g/mol. The van der Waals surface area contributed by atoms with Crippen molar-refractivity contribution in [1.29, 1.82) is 0 Å². The molecule has 0 aliphatic heterocycles. The summed E-state index contributed by atoms with van der Waals surface area (Å²) in [5.74, 6) is 1.64. The topological polar surface area (TPSA) is 67.4 Å². The van der Waals surface area contributed by atoms with Gasteiger partial charge in [0.15, 0.2) is 0 Å². The molecule has 0 aliphatic rings. The zero-order valence-corrected chi connectivity index (χ0v) is 23.2. The maximum atomic E-state index is 13.2. The van der Waals surface area contributed by atoms with Crippen LogP contribution >= 0.6 is 11.5 Å². The molecule has 1 N–H and O–H groups in total. The molecule has 0 fully saturated rings. The van der Waals surface area contributed by atoms with E-state index in [1.54, 1.807) is 7.11 Å². The molecule has 3 aromatic carbocycles. The van der Waals surface area contributed by atoms with Gasteiger partial charge in [0.25, 0.3) is 0 Å². The SMILES string of the molecule is CCC(C)N(CCC(=O)NC(Cc1ccccc1)c1ccccc1)c1nc(Cc2cccc(OC)c2)ns1. The minimum Gasteiger partial charge on any atom is -0.497 e. The van der Waals surface area contributed by atoms with E-state index < -0.39 is 0 Å². The van der Waals surface area contributed by atoms with Crippen LogP contribution in [0.3, 0.4) is 0 Å². The highest BCUT2D eigenvalue weighted by Gasteiger charge is 2.21. The van der Waals surface area contributed by atoms with Gasteiger partial charge in [-0.05, 0) is 48.6 Å². The van der Waals surface area contributed by atoms with Gasteiger partial charge in [-0.2, -0.15) is 4.37 Å². The van der Waals surface area contributed by atoms with Gasteiger partial charge in [-0.15, -0.1) is 0 Å². The lowest BCUT2D eigenvalue weighted by Crippen LogP contribution is -2.37. The highest BCUT2D eigenvalue weighted by atomic mass is 32.1. The summed E-state index contributed by atoms with van der Waals surface area (Å²) < 4.78 is 9.95. The largest absolute Gasteiger partial charge is 0.497 e. The first kappa shape index (κ1) is 27.3. The van der Waals surface area contributed by atoms with Crippen LogP contribution in [0.25, 0.3) is 0 Å². The molecule has 1 amide bonds. The molecule has 198 valence electrons. The van der Waals surface area contributed by atoms with Crippen LogP contribution < -0.4 is 15.0 Å². The number of carbonyl (C=O) groups excluding carboxylic acids is 1. The van der Waals surface area contributed by atoms with Crippen LogP contribution in [0.2, 0.25) is 0 Å². The van der Waals surface area contributed by atoms with Crippen molar-refractivity contribution in [2.45, 2.75) is 51.6 Å². The second kappa shape index (κ2) is 13.7. The average molecular weight is 529 g/mol. The van der Waals surface area contributed by atoms with Crippen molar-refractivity contribution in [2.24, 2.45) is 0 Å². The molecule has 0 saturated heterocycles. The van der Waals surface area contributed by atoms with Gasteiger partial charge in [0.1, 0.15) is 11.6 Å². The van der Waals surface area contributed by atoms with Crippen molar-refractivity contribution in [3.63, 3.8) is 0 Å². The minimum absolute atomic E-state index is 0.0317. The number of anilines is 1. The number of ether oxygens (including phenoxy) is 1. The predicted molar refractivity (Wildman–Crippen MR) is 155 cm³/mol.